The van der Waals surface area contributed by atoms with Gasteiger partial charge in [0.2, 0.25) is 0 Å². The number of aromatic nitrogens is 4. The second kappa shape index (κ2) is 4.93. The highest BCUT2D eigenvalue weighted by Gasteiger charge is 2.13. The molecule has 5 nitrogen and oxygen atoms in total. The van der Waals surface area contributed by atoms with Gasteiger partial charge in [-0.1, -0.05) is 6.07 Å². The van der Waals surface area contributed by atoms with Crippen molar-refractivity contribution in [1.29, 1.82) is 0 Å². The third kappa shape index (κ3) is 2.06. The SMILES string of the molecule is CCOc1cnn(-c2nc3ccccn3c2CCl)c1. The molecule has 0 saturated heterocycles. The van der Waals surface area contributed by atoms with Crippen molar-refractivity contribution in [3.05, 3.63) is 42.5 Å². The van der Waals surface area contributed by atoms with E-state index in [-0.39, 0.29) is 0 Å². The molecule has 0 unspecified atom stereocenters. The van der Waals surface area contributed by atoms with Crippen molar-refractivity contribution in [3.63, 3.8) is 0 Å². The lowest BCUT2D eigenvalue weighted by Gasteiger charge is -2.00. The zero-order valence-corrected chi connectivity index (χ0v) is 11.2. The minimum atomic E-state index is 0.365. The van der Waals surface area contributed by atoms with Gasteiger partial charge in [0.1, 0.15) is 5.65 Å². The fourth-order valence-corrected chi connectivity index (χ4v) is 2.25. The van der Waals surface area contributed by atoms with Crippen LogP contribution in [-0.2, 0) is 5.88 Å². The summed E-state index contributed by atoms with van der Waals surface area (Å²) in [6.45, 7) is 2.55. The summed E-state index contributed by atoms with van der Waals surface area (Å²) in [6.07, 6.45) is 5.42. The average molecular weight is 277 g/mol. The first kappa shape index (κ1) is 12.0. The highest BCUT2D eigenvalue weighted by Crippen LogP contribution is 2.20. The molecule has 0 aliphatic carbocycles. The third-order valence-electron chi connectivity index (χ3n) is 2.82. The van der Waals surface area contributed by atoms with E-state index in [2.05, 4.69) is 10.1 Å². The lowest BCUT2D eigenvalue weighted by molar-refractivity contribution is 0.340. The summed E-state index contributed by atoms with van der Waals surface area (Å²) in [5, 5.41) is 4.27. The van der Waals surface area contributed by atoms with Crippen LogP contribution in [-0.4, -0.2) is 25.8 Å². The Morgan fingerprint density at radius 3 is 3.05 bits per heavy atom. The number of hydrogen-bond acceptors (Lipinski definition) is 3. The van der Waals surface area contributed by atoms with Crippen LogP contribution in [0.1, 0.15) is 12.6 Å². The maximum absolute atomic E-state index is 6.04. The lowest BCUT2D eigenvalue weighted by Crippen LogP contribution is -1.99. The number of halogens is 1. The molecular formula is C13H13ClN4O. The molecule has 0 bridgehead atoms. The van der Waals surface area contributed by atoms with E-state index < -0.39 is 0 Å². The Hall–Kier alpha value is -2.01. The first-order chi connectivity index (χ1) is 9.33. The fourth-order valence-electron chi connectivity index (χ4n) is 2.01. The second-order valence-electron chi connectivity index (χ2n) is 4.00. The summed E-state index contributed by atoms with van der Waals surface area (Å²) in [7, 11) is 0. The standard InChI is InChI=1S/C13H13ClN4O/c1-2-19-10-8-15-18(9-10)13-11(7-14)17-6-4-3-5-12(17)16-13/h3-6,8-9H,2,7H2,1H3. The predicted molar refractivity (Wildman–Crippen MR) is 73.0 cm³/mol. The molecule has 0 aliphatic rings. The number of rotatable bonds is 4. The smallest absolute Gasteiger partial charge is 0.176 e. The molecule has 0 saturated carbocycles. The Morgan fingerprint density at radius 1 is 1.37 bits per heavy atom. The summed E-state index contributed by atoms with van der Waals surface area (Å²) < 4.78 is 9.06. The minimum Gasteiger partial charge on any atom is -0.491 e. The normalized spacial score (nSPS) is 11.1. The summed E-state index contributed by atoms with van der Waals surface area (Å²) in [6, 6.07) is 5.83. The van der Waals surface area contributed by atoms with E-state index in [9.17, 15) is 0 Å². The molecule has 0 aliphatic heterocycles. The van der Waals surface area contributed by atoms with Gasteiger partial charge in [-0.15, -0.1) is 11.6 Å². The van der Waals surface area contributed by atoms with E-state index in [1.807, 2.05) is 35.7 Å². The molecule has 0 N–H and O–H groups in total. The third-order valence-corrected chi connectivity index (χ3v) is 3.07. The minimum absolute atomic E-state index is 0.365. The fraction of sp³-hybridized carbons (Fsp3) is 0.231. The number of fused-ring (bicyclic) bond motifs is 1. The van der Waals surface area contributed by atoms with Crippen LogP contribution in [0, 0.1) is 0 Å². The molecule has 3 aromatic rings. The van der Waals surface area contributed by atoms with Gasteiger partial charge in [-0.25, -0.2) is 9.67 Å². The van der Waals surface area contributed by atoms with E-state index in [0.717, 1.165) is 22.9 Å². The molecule has 3 rings (SSSR count). The Labute approximate surface area is 115 Å². The lowest BCUT2D eigenvalue weighted by atomic mass is 10.4. The van der Waals surface area contributed by atoms with Crippen molar-refractivity contribution in [1.82, 2.24) is 19.2 Å². The van der Waals surface area contributed by atoms with Crippen molar-refractivity contribution >= 4 is 17.2 Å². The molecule has 0 atom stereocenters. The van der Waals surface area contributed by atoms with Gasteiger partial charge >= 0.3 is 0 Å². The molecule has 98 valence electrons. The molecule has 0 radical (unpaired) electrons. The Bertz CT molecular complexity index is 704. The van der Waals surface area contributed by atoms with Gasteiger partial charge < -0.3 is 9.14 Å². The van der Waals surface area contributed by atoms with Crippen LogP contribution in [0.3, 0.4) is 0 Å². The van der Waals surface area contributed by atoms with E-state index in [1.54, 1.807) is 17.1 Å². The molecule has 19 heavy (non-hydrogen) atoms. The molecule has 0 aromatic carbocycles. The van der Waals surface area contributed by atoms with E-state index in [1.165, 1.54) is 0 Å². The van der Waals surface area contributed by atoms with Crippen LogP contribution in [0.15, 0.2) is 36.8 Å². The van der Waals surface area contributed by atoms with Gasteiger partial charge in [-0.3, -0.25) is 0 Å². The zero-order chi connectivity index (χ0) is 13.2. The molecular weight excluding hydrogens is 264 g/mol. The number of ether oxygens (including phenoxy) is 1. The van der Waals surface area contributed by atoms with Gasteiger partial charge in [-0.2, -0.15) is 5.10 Å². The summed E-state index contributed by atoms with van der Waals surface area (Å²) in [5.74, 6) is 1.82. The van der Waals surface area contributed by atoms with E-state index >= 15 is 0 Å². The van der Waals surface area contributed by atoms with E-state index in [4.69, 9.17) is 16.3 Å². The molecule has 3 aromatic heterocycles. The van der Waals surface area contributed by atoms with Crippen molar-refractivity contribution < 1.29 is 4.74 Å². The number of nitrogens with zero attached hydrogens (tertiary/aromatic N) is 4. The highest BCUT2D eigenvalue weighted by atomic mass is 35.5. The monoisotopic (exact) mass is 276 g/mol. The molecule has 0 fully saturated rings. The maximum atomic E-state index is 6.04. The predicted octanol–water partition coefficient (Wildman–Crippen LogP) is 2.66. The van der Waals surface area contributed by atoms with Crippen LogP contribution < -0.4 is 4.74 Å². The number of imidazole rings is 1. The average Bonchev–Trinajstić information content (AvgIpc) is 3.02. The van der Waals surface area contributed by atoms with Gasteiger partial charge in [0, 0.05) is 6.20 Å². The summed E-state index contributed by atoms with van der Waals surface area (Å²) in [4.78, 5) is 4.55. The largest absolute Gasteiger partial charge is 0.491 e. The maximum Gasteiger partial charge on any atom is 0.176 e. The van der Waals surface area contributed by atoms with Gasteiger partial charge in [-0.05, 0) is 19.1 Å². The van der Waals surface area contributed by atoms with Crippen LogP contribution in [0.4, 0.5) is 0 Å². The van der Waals surface area contributed by atoms with E-state index in [0.29, 0.717) is 12.5 Å². The molecule has 0 spiro atoms. The second-order valence-corrected chi connectivity index (χ2v) is 4.27. The summed E-state index contributed by atoms with van der Waals surface area (Å²) >= 11 is 6.04. The number of alkyl halides is 1. The zero-order valence-electron chi connectivity index (χ0n) is 10.5. The molecule has 3 heterocycles. The quantitative estimate of drug-likeness (QED) is 0.688. The van der Waals surface area contributed by atoms with Crippen molar-refractivity contribution in [2.24, 2.45) is 0 Å². The van der Waals surface area contributed by atoms with Gasteiger partial charge in [0.15, 0.2) is 11.6 Å². The number of pyridine rings is 1. The Kier molecular flexibility index (Phi) is 3.13. The Morgan fingerprint density at radius 2 is 2.26 bits per heavy atom. The van der Waals surface area contributed by atoms with Crippen LogP contribution in [0.5, 0.6) is 5.75 Å². The van der Waals surface area contributed by atoms with Gasteiger partial charge in [0.25, 0.3) is 0 Å². The van der Waals surface area contributed by atoms with Crippen molar-refractivity contribution in [2.45, 2.75) is 12.8 Å². The first-order valence-corrected chi connectivity index (χ1v) is 6.56. The summed E-state index contributed by atoms with van der Waals surface area (Å²) in [5.41, 5.74) is 1.75. The Balaban J connectivity index is 2.12. The van der Waals surface area contributed by atoms with Crippen molar-refractivity contribution in [3.8, 4) is 11.6 Å². The van der Waals surface area contributed by atoms with Crippen molar-refractivity contribution in [2.75, 3.05) is 6.61 Å². The molecule has 0 amide bonds. The van der Waals surface area contributed by atoms with Crippen LogP contribution in [0.25, 0.3) is 11.5 Å². The first-order valence-electron chi connectivity index (χ1n) is 6.03. The van der Waals surface area contributed by atoms with Gasteiger partial charge in [0.05, 0.1) is 30.6 Å². The van der Waals surface area contributed by atoms with Crippen LogP contribution in [0.2, 0.25) is 0 Å². The highest BCUT2D eigenvalue weighted by molar-refractivity contribution is 6.17. The number of hydrogen-bond donors (Lipinski definition) is 0. The topological polar surface area (TPSA) is 44.3 Å². The molecule has 6 heteroatoms. The van der Waals surface area contributed by atoms with Crippen LogP contribution >= 0.6 is 11.6 Å².